The zero-order valence-corrected chi connectivity index (χ0v) is 12.5. The molecule has 3 rings (SSSR count). The highest BCUT2D eigenvalue weighted by molar-refractivity contribution is 6.43. The molecule has 0 aromatic heterocycles. The first kappa shape index (κ1) is 13.5. The van der Waals surface area contributed by atoms with Crippen LogP contribution in [-0.2, 0) is 0 Å². The fourth-order valence-corrected chi connectivity index (χ4v) is 3.77. The van der Waals surface area contributed by atoms with Crippen LogP contribution in [-0.4, -0.2) is 13.1 Å². The Morgan fingerprint density at radius 1 is 1.05 bits per heavy atom. The van der Waals surface area contributed by atoms with Crippen LogP contribution in [0.4, 0.5) is 0 Å². The van der Waals surface area contributed by atoms with Gasteiger partial charge in [0.1, 0.15) is 0 Å². The molecule has 1 spiro atoms. The first-order chi connectivity index (χ1) is 9.20. The van der Waals surface area contributed by atoms with Gasteiger partial charge in [0.15, 0.2) is 0 Å². The van der Waals surface area contributed by atoms with Crippen LogP contribution in [0, 0.1) is 5.41 Å². The summed E-state index contributed by atoms with van der Waals surface area (Å²) in [4.78, 5) is 0. The van der Waals surface area contributed by atoms with Crippen LogP contribution in [0.15, 0.2) is 24.3 Å². The van der Waals surface area contributed by atoms with Gasteiger partial charge in [0, 0.05) is 0 Å². The van der Waals surface area contributed by atoms with Crippen molar-refractivity contribution >= 4 is 28.8 Å². The van der Waals surface area contributed by atoms with Crippen molar-refractivity contribution in [3.8, 4) is 0 Å². The summed E-state index contributed by atoms with van der Waals surface area (Å²) in [6.07, 6.45) is 8.60. The lowest BCUT2D eigenvalue weighted by atomic mass is 9.68. The third-order valence-corrected chi connectivity index (χ3v) is 5.49. The van der Waals surface area contributed by atoms with E-state index in [1.807, 2.05) is 12.1 Å². The Morgan fingerprint density at radius 2 is 1.84 bits per heavy atom. The van der Waals surface area contributed by atoms with Crippen molar-refractivity contribution in [2.75, 3.05) is 13.1 Å². The van der Waals surface area contributed by atoms with Gasteiger partial charge in [0.25, 0.3) is 0 Å². The molecule has 0 amide bonds. The molecule has 3 heteroatoms. The summed E-state index contributed by atoms with van der Waals surface area (Å²) in [5.41, 5.74) is 3.04. The van der Waals surface area contributed by atoms with E-state index in [2.05, 4.69) is 17.5 Å². The van der Waals surface area contributed by atoms with Gasteiger partial charge in [-0.3, -0.25) is 0 Å². The van der Waals surface area contributed by atoms with E-state index in [1.54, 1.807) is 0 Å². The van der Waals surface area contributed by atoms with Crippen molar-refractivity contribution in [3.63, 3.8) is 0 Å². The second-order valence-electron chi connectivity index (χ2n) is 5.78. The van der Waals surface area contributed by atoms with Gasteiger partial charge < -0.3 is 5.32 Å². The summed E-state index contributed by atoms with van der Waals surface area (Å²) in [6, 6.07) is 5.92. The largest absolute Gasteiger partial charge is 0.317 e. The number of allylic oxidation sites excluding steroid dienone is 2. The Bertz CT molecular complexity index is 501. The summed E-state index contributed by atoms with van der Waals surface area (Å²) < 4.78 is 0. The average Bonchev–Trinajstić information content (AvgIpc) is 2.44. The predicted octanol–water partition coefficient (Wildman–Crippen LogP) is 4.93. The zero-order chi connectivity index (χ0) is 13.3. The van der Waals surface area contributed by atoms with Crippen LogP contribution in [0.25, 0.3) is 5.57 Å². The molecule has 1 nitrogen and oxygen atoms in total. The van der Waals surface area contributed by atoms with E-state index >= 15 is 0 Å². The molecule has 19 heavy (non-hydrogen) atoms. The van der Waals surface area contributed by atoms with Crippen molar-refractivity contribution in [2.45, 2.75) is 32.1 Å². The lowest BCUT2D eigenvalue weighted by molar-refractivity contribution is 0.184. The van der Waals surface area contributed by atoms with Gasteiger partial charge in [-0.2, -0.15) is 0 Å². The van der Waals surface area contributed by atoms with Crippen molar-refractivity contribution in [1.82, 2.24) is 5.32 Å². The van der Waals surface area contributed by atoms with Crippen LogP contribution >= 0.6 is 23.2 Å². The highest BCUT2D eigenvalue weighted by Gasteiger charge is 2.33. The molecule has 0 radical (unpaired) electrons. The topological polar surface area (TPSA) is 12.0 Å². The van der Waals surface area contributed by atoms with E-state index in [0.717, 1.165) is 12.0 Å². The molecule has 0 unspecified atom stereocenters. The smallest absolute Gasteiger partial charge is 0.0667 e. The second kappa shape index (κ2) is 5.47. The Hall–Kier alpha value is -0.500. The molecule has 1 aromatic rings. The highest BCUT2D eigenvalue weighted by Crippen LogP contribution is 2.45. The van der Waals surface area contributed by atoms with E-state index in [-0.39, 0.29) is 0 Å². The van der Waals surface area contributed by atoms with E-state index in [1.165, 1.54) is 44.3 Å². The first-order valence-corrected chi connectivity index (χ1v) is 7.80. The number of hydrogen-bond acceptors (Lipinski definition) is 1. The maximum atomic E-state index is 6.32. The molecule has 1 fully saturated rings. The molecule has 1 saturated heterocycles. The van der Waals surface area contributed by atoms with Crippen LogP contribution < -0.4 is 5.32 Å². The van der Waals surface area contributed by atoms with Crippen molar-refractivity contribution in [3.05, 3.63) is 39.9 Å². The monoisotopic (exact) mass is 295 g/mol. The Balaban J connectivity index is 1.82. The van der Waals surface area contributed by atoms with Gasteiger partial charge in [0.2, 0.25) is 0 Å². The lowest BCUT2D eigenvalue weighted by Gasteiger charge is -2.40. The summed E-state index contributed by atoms with van der Waals surface area (Å²) in [5, 5.41) is 4.82. The van der Waals surface area contributed by atoms with E-state index < -0.39 is 0 Å². The van der Waals surface area contributed by atoms with E-state index in [4.69, 9.17) is 23.2 Å². The Labute approximate surface area is 125 Å². The van der Waals surface area contributed by atoms with Gasteiger partial charge >= 0.3 is 0 Å². The molecular weight excluding hydrogens is 277 g/mol. The summed E-state index contributed by atoms with van der Waals surface area (Å²) in [7, 11) is 0. The van der Waals surface area contributed by atoms with Crippen LogP contribution in [0.2, 0.25) is 10.0 Å². The standard InChI is InChI=1S/C16H19Cl2N/c17-14-3-1-2-13(15(14)18)12-4-6-16(7-5-12)8-10-19-11-9-16/h1-4,19H,5-11H2. The third-order valence-electron chi connectivity index (χ3n) is 4.67. The predicted molar refractivity (Wildman–Crippen MR) is 82.8 cm³/mol. The molecule has 0 atom stereocenters. The highest BCUT2D eigenvalue weighted by atomic mass is 35.5. The molecule has 102 valence electrons. The number of rotatable bonds is 1. The normalized spacial score (nSPS) is 22.3. The summed E-state index contributed by atoms with van der Waals surface area (Å²) >= 11 is 12.4. The first-order valence-electron chi connectivity index (χ1n) is 7.04. The van der Waals surface area contributed by atoms with Gasteiger partial charge in [0.05, 0.1) is 10.0 Å². The van der Waals surface area contributed by atoms with E-state index in [9.17, 15) is 0 Å². The second-order valence-corrected chi connectivity index (χ2v) is 6.57. The average molecular weight is 296 g/mol. The zero-order valence-electron chi connectivity index (χ0n) is 11.0. The number of nitrogens with one attached hydrogen (secondary N) is 1. The maximum Gasteiger partial charge on any atom is 0.0667 e. The van der Waals surface area contributed by atoms with Gasteiger partial charge in [-0.15, -0.1) is 0 Å². The fraction of sp³-hybridized carbons (Fsp3) is 0.500. The molecule has 1 aliphatic carbocycles. The molecular formula is C16H19Cl2N. The number of hydrogen-bond donors (Lipinski definition) is 1. The van der Waals surface area contributed by atoms with Gasteiger partial charge in [-0.05, 0) is 67.8 Å². The maximum absolute atomic E-state index is 6.32. The van der Waals surface area contributed by atoms with Crippen LogP contribution in [0.1, 0.15) is 37.7 Å². The van der Waals surface area contributed by atoms with Crippen molar-refractivity contribution in [2.24, 2.45) is 5.41 Å². The molecule has 2 aliphatic rings. The minimum absolute atomic E-state index is 0.541. The van der Waals surface area contributed by atoms with Crippen molar-refractivity contribution in [1.29, 1.82) is 0 Å². The summed E-state index contributed by atoms with van der Waals surface area (Å²) in [5.74, 6) is 0. The van der Waals surface area contributed by atoms with Crippen LogP contribution in [0.5, 0.6) is 0 Å². The minimum Gasteiger partial charge on any atom is -0.317 e. The number of piperidine rings is 1. The van der Waals surface area contributed by atoms with Gasteiger partial charge in [-0.1, -0.05) is 41.4 Å². The SMILES string of the molecule is Clc1cccc(C2=CCC3(CCNCC3)CC2)c1Cl. The minimum atomic E-state index is 0.541. The summed E-state index contributed by atoms with van der Waals surface area (Å²) in [6.45, 7) is 2.34. The molecule has 1 aliphatic heterocycles. The molecule has 1 aromatic carbocycles. The number of halogens is 2. The third kappa shape index (κ3) is 2.69. The lowest BCUT2D eigenvalue weighted by Crippen LogP contribution is -2.37. The number of benzene rings is 1. The quantitative estimate of drug-likeness (QED) is 0.774. The Morgan fingerprint density at radius 3 is 2.53 bits per heavy atom. The molecule has 0 bridgehead atoms. The molecule has 0 saturated carbocycles. The fourth-order valence-electron chi connectivity index (χ4n) is 3.35. The molecule has 1 heterocycles. The van der Waals surface area contributed by atoms with Crippen LogP contribution in [0.3, 0.4) is 0 Å². The van der Waals surface area contributed by atoms with Crippen molar-refractivity contribution < 1.29 is 0 Å². The molecule has 1 N–H and O–H groups in total. The van der Waals surface area contributed by atoms with Gasteiger partial charge in [-0.25, -0.2) is 0 Å². The Kier molecular flexibility index (Phi) is 3.88. The van der Waals surface area contributed by atoms with E-state index in [0.29, 0.717) is 15.5 Å².